The Kier molecular flexibility index (Phi) is 4.51. The molecule has 3 nitrogen and oxygen atoms in total. The van der Waals surface area contributed by atoms with E-state index in [1.807, 2.05) is 0 Å². The highest BCUT2D eigenvalue weighted by Gasteiger charge is 1.95. The fourth-order valence-electron chi connectivity index (χ4n) is 0.467. The maximum Gasteiger partial charge on any atom is 0.303 e. The molecule has 0 bridgehead atoms. The van der Waals surface area contributed by atoms with Gasteiger partial charge in [-0.2, -0.15) is 0 Å². The molecule has 0 aliphatic carbocycles. The summed E-state index contributed by atoms with van der Waals surface area (Å²) in [6.07, 6.45) is 1.52. The van der Waals surface area contributed by atoms with Crippen LogP contribution in [0.2, 0.25) is 0 Å². The average Bonchev–Trinajstić information content (AvgIpc) is 1.80. The number of unbranched alkanes of at least 4 members (excludes halogenated alkanes) is 1. The van der Waals surface area contributed by atoms with Crippen molar-refractivity contribution in [2.75, 3.05) is 6.54 Å². The molecule has 0 aliphatic heterocycles. The predicted molar refractivity (Wildman–Crippen MR) is 33.0 cm³/mol. The van der Waals surface area contributed by atoms with E-state index in [9.17, 15) is 4.79 Å². The third-order valence-corrected chi connectivity index (χ3v) is 0.911. The van der Waals surface area contributed by atoms with Crippen molar-refractivity contribution in [2.24, 2.45) is 0 Å². The quantitative estimate of drug-likeness (QED) is 0.454. The highest BCUT2D eigenvalue weighted by molar-refractivity contribution is 5.66. The minimum atomic E-state index is -0.778. The molecule has 0 heterocycles. The van der Waals surface area contributed by atoms with Crippen LogP contribution in [0.25, 0.3) is 4.85 Å². The maximum atomic E-state index is 9.88. The Morgan fingerprint density at radius 3 is 2.67 bits per heavy atom. The smallest absolute Gasteiger partial charge is 0.303 e. The zero-order valence-electron chi connectivity index (χ0n) is 5.13. The van der Waals surface area contributed by atoms with Gasteiger partial charge in [-0.3, -0.25) is 4.79 Å². The van der Waals surface area contributed by atoms with Gasteiger partial charge < -0.3 is 9.95 Å². The summed E-state index contributed by atoms with van der Waals surface area (Å²) >= 11 is 0. The van der Waals surface area contributed by atoms with Crippen LogP contribution in [0.3, 0.4) is 0 Å². The Labute approximate surface area is 54.1 Å². The van der Waals surface area contributed by atoms with Gasteiger partial charge in [0.15, 0.2) is 0 Å². The number of carboxylic acid groups (broad SMARTS) is 1. The molecule has 0 fully saturated rings. The number of hydrogen-bond donors (Lipinski definition) is 1. The molecule has 0 rings (SSSR count). The highest BCUT2D eigenvalue weighted by atomic mass is 16.4. The summed E-state index contributed by atoms with van der Waals surface area (Å²) in [5.74, 6) is -0.778. The van der Waals surface area contributed by atoms with Gasteiger partial charge >= 0.3 is 5.97 Å². The normalized spacial score (nSPS) is 8.33. The van der Waals surface area contributed by atoms with Crippen LogP contribution in [0.15, 0.2) is 0 Å². The summed E-state index contributed by atoms with van der Waals surface area (Å²) < 4.78 is 0. The predicted octanol–water partition coefficient (Wildman–Crippen LogP) is 1.16. The van der Waals surface area contributed by atoms with E-state index in [0.717, 1.165) is 0 Å². The number of aliphatic carboxylic acids is 1. The summed E-state index contributed by atoms with van der Waals surface area (Å²) in [5, 5.41) is 8.14. The minimum Gasteiger partial charge on any atom is -0.481 e. The van der Waals surface area contributed by atoms with Crippen molar-refractivity contribution >= 4 is 5.97 Å². The summed E-state index contributed by atoms with van der Waals surface area (Å²) in [4.78, 5) is 13.0. The van der Waals surface area contributed by atoms with Crippen LogP contribution in [0.1, 0.15) is 19.3 Å². The number of carbonyl (C=O) groups is 1. The van der Waals surface area contributed by atoms with Gasteiger partial charge in [0.2, 0.25) is 6.54 Å². The molecule has 0 radical (unpaired) electrons. The Morgan fingerprint density at radius 2 is 2.22 bits per heavy atom. The molecular weight excluding hydrogens is 118 g/mol. The largest absolute Gasteiger partial charge is 0.481 e. The minimum absolute atomic E-state index is 0.190. The van der Waals surface area contributed by atoms with Gasteiger partial charge in [0, 0.05) is 12.8 Å². The second kappa shape index (κ2) is 5.10. The van der Waals surface area contributed by atoms with Gasteiger partial charge in [-0.25, -0.2) is 6.57 Å². The molecule has 0 saturated heterocycles. The fraction of sp³-hybridized carbons (Fsp3) is 0.667. The van der Waals surface area contributed by atoms with E-state index in [0.29, 0.717) is 19.4 Å². The Hall–Kier alpha value is -1.04. The molecule has 3 heteroatoms. The molecular formula is C6H9NO2. The number of carboxylic acids is 1. The topological polar surface area (TPSA) is 41.7 Å². The molecule has 0 aromatic heterocycles. The standard InChI is InChI=1S/C6H9NO2/c1-7-5-3-2-4-6(8)9/h2-5H2,(H,8,9). The summed E-state index contributed by atoms with van der Waals surface area (Å²) in [6.45, 7) is 6.82. The lowest BCUT2D eigenvalue weighted by Crippen LogP contribution is -1.93. The molecule has 0 aromatic carbocycles. The van der Waals surface area contributed by atoms with Crippen molar-refractivity contribution < 1.29 is 9.90 Å². The van der Waals surface area contributed by atoms with Crippen molar-refractivity contribution in [3.05, 3.63) is 11.4 Å². The average molecular weight is 127 g/mol. The third kappa shape index (κ3) is 6.96. The molecule has 50 valence electrons. The first-order valence-electron chi connectivity index (χ1n) is 2.82. The molecule has 0 atom stereocenters. The first-order valence-corrected chi connectivity index (χ1v) is 2.82. The highest BCUT2D eigenvalue weighted by Crippen LogP contribution is 1.94. The SMILES string of the molecule is [C-]#[N+]CCCCC(=O)O. The Bertz CT molecular complexity index is 126. The summed E-state index contributed by atoms with van der Waals surface area (Å²) in [5.41, 5.74) is 0. The zero-order chi connectivity index (χ0) is 7.11. The molecule has 0 aromatic rings. The van der Waals surface area contributed by atoms with Gasteiger partial charge in [0.25, 0.3) is 0 Å². The first kappa shape index (κ1) is 7.96. The van der Waals surface area contributed by atoms with Crippen molar-refractivity contribution in [2.45, 2.75) is 19.3 Å². The van der Waals surface area contributed by atoms with Gasteiger partial charge in [-0.15, -0.1) is 0 Å². The lowest BCUT2D eigenvalue weighted by molar-refractivity contribution is -0.137. The Balaban J connectivity index is 2.94. The van der Waals surface area contributed by atoms with Crippen LogP contribution in [-0.2, 0) is 4.79 Å². The van der Waals surface area contributed by atoms with E-state index in [-0.39, 0.29) is 6.42 Å². The van der Waals surface area contributed by atoms with E-state index < -0.39 is 5.97 Å². The lowest BCUT2D eigenvalue weighted by Gasteiger charge is -1.87. The van der Waals surface area contributed by atoms with Gasteiger partial charge in [-0.05, 0) is 6.42 Å². The first-order chi connectivity index (χ1) is 4.27. The van der Waals surface area contributed by atoms with E-state index in [1.165, 1.54) is 0 Å². The summed E-state index contributed by atoms with van der Waals surface area (Å²) in [6, 6.07) is 0. The van der Waals surface area contributed by atoms with Gasteiger partial charge in [0.1, 0.15) is 0 Å². The monoisotopic (exact) mass is 127 g/mol. The molecule has 1 N–H and O–H groups in total. The molecule has 0 spiro atoms. The van der Waals surface area contributed by atoms with Crippen LogP contribution >= 0.6 is 0 Å². The zero-order valence-corrected chi connectivity index (χ0v) is 5.13. The number of rotatable bonds is 4. The van der Waals surface area contributed by atoms with Crippen molar-refractivity contribution in [1.82, 2.24) is 0 Å². The van der Waals surface area contributed by atoms with Crippen LogP contribution in [0.4, 0.5) is 0 Å². The number of nitrogens with zero attached hydrogens (tertiary/aromatic N) is 1. The third-order valence-electron chi connectivity index (χ3n) is 0.911. The second-order valence-electron chi connectivity index (χ2n) is 1.73. The van der Waals surface area contributed by atoms with E-state index in [1.54, 1.807) is 0 Å². The van der Waals surface area contributed by atoms with E-state index in [2.05, 4.69) is 4.85 Å². The molecule has 0 unspecified atom stereocenters. The van der Waals surface area contributed by atoms with Crippen LogP contribution in [-0.4, -0.2) is 17.6 Å². The van der Waals surface area contributed by atoms with Crippen LogP contribution in [0.5, 0.6) is 0 Å². The Morgan fingerprint density at radius 1 is 1.56 bits per heavy atom. The number of hydrogen-bond acceptors (Lipinski definition) is 1. The van der Waals surface area contributed by atoms with E-state index >= 15 is 0 Å². The molecule has 0 saturated carbocycles. The van der Waals surface area contributed by atoms with E-state index in [4.69, 9.17) is 11.7 Å². The van der Waals surface area contributed by atoms with Crippen molar-refractivity contribution in [3.8, 4) is 0 Å². The molecule has 9 heavy (non-hydrogen) atoms. The maximum absolute atomic E-state index is 9.88. The fourth-order valence-corrected chi connectivity index (χ4v) is 0.467. The van der Waals surface area contributed by atoms with Crippen molar-refractivity contribution in [3.63, 3.8) is 0 Å². The second-order valence-corrected chi connectivity index (χ2v) is 1.73. The van der Waals surface area contributed by atoms with Crippen molar-refractivity contribution in [1.29, 1.82) is 0 Å². The molecule has 0 amide bonds. The van der Waals surface area contributed by atoms with Crippen LogP contribution < -0.4 is 0 Å². The summed E-state index contributed by atoms with van der Waals surface area (Å²) in [7, 11) is 0. The lowest BCUT2D eigenvalue weighted by atomic mass is 10.2. The molecule has 0 aliphatic rings. The van der Waals surface area contributed by atoms with Gasteiger partial charge in [-0.1, -0.05) is 0 Å². The van der Waals surface area contributed by atoms with Crippen LogP contribution in [0, 0.1) is 6.57 Å². The van der Waals surface area contributed by atoms with Gasteiger partial charge in [0.05, 0.1) is 0 Å².